The Morgan fingerprint density at radius 3 is 1.90 bits per heavy atom. The number of alkyl halides is 1. The number of hydrogen-bond donors (Lipinski definition) is 0. The molecule has 5 heteroatoms. The van der Waals surface area contributed by atoms with Crippen LogP contribution in [0.1, 0.15) is 6.92 Å². The van der Waals surface area contributed by atoms with Gasteiger partial charge in [0.15, 0.2) is 0 Å². The zero-order valence-electron chi connectivity index (χ0n) is 6.36. The van der Waals surface area contributed by atoms with Gasteiger partial charge in [-0.15, -0.1) is 11.6 Å². The smallest absolute Gasteiger partial charge is 0.386 e. The van der Waals surface area contributed by atoms with Crippen LogP contribution in [-0.4, -0.2) is 27.5 Å². The third-order valence-corrected chi connectivity index (χ3v) is 5.26. The second-order valence-electron chi connectivity index (χ2n) is 2.05. The van der Waals surface area contributed by atoms with E-state index in [9.17, 15) is 0 Å². The van der Waals surface area contributed by atoms with E-state index in [2.05, 4.69) is 0 Å². The Morgan fingerprint density at radius 2 is 1.80 bits per heavy atom. The van der Waals surface area contributed by atoms with E-state index in [-0.39, 0.29) is 5.38 Å². The van der Waals surface area contributed by atoms with Gasteiger partial charge in [0.25, 0.3) is 0 Å². The standard InChI is InChI=1S/C5H12Cl2O2Si/c1-5(6)4-10(7,8-2)9-3/h5H,4H2,1-3H3. The van der Waals surface area contributed by atoms with E-state index in [4.69, 9.17) is 31.5 Å². The molecule has 0 heterocycles. The Kier molecular flexibility index (Phi) is 4.89. The molecule has 0 aromatic heterocycles. The first kappa shape index (κ1) is 10.7. The summed E-state index contributed by atoms with van der Waals surface area (Å²) in [5.41, 5.74) is 0. The van der Waals surface area contributed by atoms with Crippen molar-refractivity contribution in [3.8, 4) is 0 Å². The normalized spacial score (nSPS) is 15.3. The average molecular weight is 203 g/mol. The Hall–Kier alpha value is 0.717. The van der Waals surface area contributed by atoms with Crippen LogP contribution >= 0.6 is 22.7 Å². The molecule has 1 atom stereocenters. The van der Waals surface area contributed by atoms with Crippen LogP contribution in [0.25, 0.3) is 0 Å². The summed E-state index contributed by atoms with van der Waals surface area (Å²) in [6.07, 6.45) is 0. The summed E-state index contributed by atoms with van der Waals surface area (Å²) >= 11 is 11.6. The highest BCUT2D eigenvalue weighted by atomic mass is 35.6. The number of rotatable bonds is 4. The van der Waals surface area contributed by atoms with Crippen molar-refractivity contribution in [2.24, 2.45) is 0 Å². The fourth-order valence-corrected chi connectivity index (χ4v) is 3.30. The zero-order valence-corrected chi connectivity index (χ0v) is 8.87. The maximum atomic E-state index is 5.91. The van der Waals surface area contributed by atoms with Crippen molar-refractivity contribution in [1.82, 2.24) is 0 Å². The summed E-state index contributed by atoms with van der Waals surface area (Å²) in [4.78, 5) is 0. The summed E-state index contributed by atoms with van der Waals surface area (Å²) in [7, 11) is 0.667. The van der Waals surface area contributed by atoms with E-state index in [1.165, 1.54) is 0 Å². The van der Waals surface area contributed by atoms with Gasteiger partial charge >= 0.3 is 7.87 Å². The fourth-order valence-electron chi connectivity index (χ4n) is 0.586. The quantitative estimate of drug-likeness (QED) is 0.395. The minimum absolute atomic E-state index is 0.00377. The molecule has 0 N–H and O–H groups in total. The first-order valence-electron chi connectivity index (χ1n) is 2.97. The molecule has 0 rings (SSSR count). The van der Waals surface area contributed by atoms with Gasteiger partial charge < -0.3 is 8.85 Å². The SMILES string of the molecule is CO[Si](Cl)(CC(C)Cl)OC. The summed E-state index contributed by atoms with van der Waals surface area (Å²) in [5.74, 6) is 0. The number of hydrogen-bond acceptors (Lipinski definition) is 2. The predicted octanol–water partition coefficient (Wildman–Crippen LogP) is 2.08. The second-order valence-corrected chi connectivity index (χ2v) is 7.07. The molecule has 0 aliphatic rings. The van der Waals surface area contributed by atoms with Gasteiger partial charge in [-0.2, -0.15) is 0 Å². The summed E-state index contributed by atoms with van der Waals surface area (Å²) in [6.45, 7) is 1.86. The Balaban J connectivity index is 3.80. The molecule has 0 saturated heterocycles. The van der Waals surface area contributed by atoms with Crippen LogP contribution in [0.3, 0.4) is 0 Å². The lowest BCUT2D eigenvalue weighted by molar-refractivity contribution is 0.266. The van der Waals surface area contributed by atoms with E-state index in [0.29, 0.717) is 6.04 Å². The fraction of sp³-hybridized carbons (Fsp3) is 1.00. The van der Waals surface area contributed by atoms with Crippen LogP contribution in [0, 0.1) is 0 Å². The van der Waals surface area contributed by atoms with Crippen LogP contribution in [0.2, 0.25) is 6.04 Å². The molecule has 0 saturated carbocycles. The van der Waals surface area contributed by atoms with Crippen LogP contribution < -0.4 is 0 Å². The third kappa shape index (κ3) is 3.78. The molecule has 0 spiro atoms. The lowest BCUT2D eigenvalue weighted by atomic mass is 10.6. The van der Waals surface area contributed by atoms with Crippen LogP contribution in [0.4, 0.5) is 0 Å². The molecule has 0 aliphatic carbocycles. The summed E-state index contributed by atoms with van der Waals surface area (Å²) in [5, 5.41) is 0.00377. The molecule has 62 valence electrons. The molecule has 0 fully saturated rings. The van der Waals surface area contributed by atoms with Gasteiger partial charge in [0, 0.05) is 25.6 Å². The van der Waals surface area contributed by atoms with Crippen LogP contribution in [-0.2, 0) is 8.85 Å². The number of halogens is 2. The molecule has 1 unspecified atom stereocenters. The Bertz CT molecular complexity index is 95.6. The van der Waals surface area contributed by atoms with E-state index in [0.717, 1.165) is 0 Å². The minimum Gasteiger partial charge on any atom is -0.386 e. The van der Waals surface area contributed by atoms with Crippen molar-refractivity contribution in [2.75, 3.05) is 14.2 Å². The molecule has 0 radical (unpaired) electrons. The molecular weight excluding hydrogens is 191 g/mol. The average Bonchev–Trinajstić information content (AvgIpc) is 1.87. The van der Waals surface area contributed by atoms with Gasteiger partial charge in [-0.05, 0) is 6.92 Å². The molecule has 0 amide bonds. The monoisotopic (exact) mass is 202 g/mol. The maximum Gasteiger partial charge on any atom is 0.444 e. The highest BCUT2D eigenvalue weighted by Gasteiger charge is 2.34. The molecular formula is C5H12Cl2O2Si. The molecule has 2 nitrogen and oxygen atoms in total. The Labute approximate surface area is 72.4 Å². The van der Waals surface area contributed by atoms with Gasteiger partial charge in [-0.1, -0.05) is 11.1 Å². The van der Waals surface area contributed by atoms with E-state index in [1.54, 1.807) is 14.2 Å². The van der Waals surface area contributed by atoms with Crippen molar-refractivity contribution < 1.29 is 8.85 Å². The van der Waals surface area contributed by atoms with E-state index < -0.39 is 7.87 Å². The minimum atomic E-state index is -2.42. The van der Waals surface area contributed by atoms with Crippen molar-refractivity contribution in [2.45, 2.75) is 18.3 Å². The highest BCUT2D eigenvalue weighted by Crippen LogP contribution is 2.21. The van der Waals surface area contributed by atoms with Crippen LogP contribution in [0.5, 0.6) is 0 Å². The van der Waals surface area contributed by atoms with Gasteiger partial charge in [0.2, 0.25) is 0 Å². The van der Waals surface area contributed by atoms with Gasteiger partial charge in [-0.3, -0.25) is 0 Å². The Morgan fingerprint density at radius 1 is 1.40 bits per heavy atom. The molecule has 0 aliphatic heterocycles. The second kappa shape index (κ2) is 4.57. The lowest BCUT2D eigenvalue weighted by Crippen LogP contribution is -2.35. The van der Waals surface area contributed by atoms with Gasteiger partial charge in [0.05, 0.1) is 0 Å². The zero-order chi connectivity index (χ0) is 8.20. The van der Waals surface area contributed by atoms with Crippen molar-refractivity contribution in [3.63, 3.8) is 0 Å². The topological polar surface area (TPSA) is 18.5 Å². The molecule has 10 heavy (non-hydrogen) atoms. The summed E-state index contributed by atoms with van der Waals surface area (Å²) < 4.78 is 9.99. The van der Waals surface area contributed by atoms with Crippen molar-refractivity contribution in [1.29, 1.82) is 0 Å². The van der Waals surface area contributed by atoms with Crippen molar-refractivity contribution >= 4 is 30.6 Å². The first-order valence-corrected chi connectivity index (χ1v) is 6.44. The van der Waals surface area contributed by atoms with Crippen molar-refractivity contribution in [3.05, 3.63) is 0 Å². The summed E-state index contributed by atoms with van der Waals surface area (Å²) in [6, 6.07) is 0.600. The van der Waals surface area contributed by atoms with Gasteiger partial charge in [-0.25, -0.2) is 0 Å². The molecule has 0 aromatic carbocycles. The third-order valence-electron chi connectivity index (χ3n) is 1.13. The largest absolute Gasteiger partial charge is 0.444 e. The highest BCUT2D eigenvalue weighted by molar-refractivity contribution is 7.13. The maximum absolute atomic E-state index is 5.91. The lowest BCUT2D eigenvalue weighted by Gasteiger charge is -2.20. The molecule has 0 aromatic rings. The first-order chi connectivity index (χ1) is 4.54. The predicted molar refractivity (Wildman–Crippen MR) is 45.7 cm³/mol. The van der Waals surface area contributed by atoms with Crippen LogP contribution in [0.15, 0.2) is 0 Å². The van der Waals surface area contributed by atoms with Gasteiger partial charge in [0.1, 0.15) is 0 Å². The van der Waals surface area contributed by atoms with E-state index in [1.807, 2.05) is 6.92 Å². The molecule has 0 bridgehead atoms. The van der Waals surface area contributed by atoms with E-state index >= 15 is 0 Å².